The maximum atomic E-state index is 12.9. The quantitative estimate of drug-likeness (QED) is 0.885. The van der Waals surface area contributed by atoms with Crippen molar-refractivity contribution in [1.82, 2.24) is 15.0 Å². The molecule has 6 nitrogen and oxygen atoms in total. The van der Waals surface area contributed by atoms with Gasteiger partial charge in [0.15, 0.2) is 0 Å². The Bertz CT molecular complexity index is 601. The molecule has 0 saturated heterocycles. The Balaban J connectivity index is 2.01. The number of nitrogens with zero attached hydrogens (tertiary/aromatic N) is 3. The van der Waals surface area contributed by atoms with Gasteiger partial charge < -0.3 is 11.1 Å². The maximum absolute atomic E-state index is 12.9. The van der Waals surface area contributed by atoms with Crippen LogP contribution >= 0.6 is 15.9 Å². The Hall–Kier alpha value is -1.80. The molecule has 100 valence electrons. The van der Waals surface area contributed by atoms with Gasteiger partial charge in [-0.1, -0.05) is 5.21 Å². The van der Waals surface area contributed by atoms with E-state index in [-0.39, 0.29) is 24.8 Å². The molecule has 0 aliphatic carbocycles. The number of nitrogens with two attached hydrogens (primary N) is 1. The number of carbonyl (C=O) groups excluding carboxylic acids is 1. The van der Waals surface area contributed by atoms with E-state index in [0.717, 1.165) is 0 Å². The first-order valence-corrected chi connectivity index (χ1v) is 6.22. The molecule has 1 aromatic carbocycles. The Morgan fingerprint density at radius 1 is 1.53 bits per heavy atom. The van der Waals surface area contributed by atoms with E-state index in [4.69, 9.17) is 5.73 Å². The van der Waals surface area contributed by atoms with Gasteiger partial charge in [-0.2, -0.15) is 0 Å². The molecular formula is C11H11BrFN5O. The van der Waals surface area contributed by atoms with Gasteiger partial charge in [0.05, 0.1) is 17.6 Å². The minimum Gasteiger partial charge on any atom is -0.325 e. The second kappa shape index (κ2) is 5.89. The molecule has 0 fully saturated rings. The molecule has 19 heavy (non-hydrogen) atoms. The Morgan fingerprint density at radius 2 is 2.32 bits per heavy atom. The molecular weight excluding hydrogens is 317 g/mol. The van der Waals surface area contributed by atoms with Crippen molar-refractivity contribution in [2.45, 2.75) is 13.1 Å². The standard InChI is InChI=1S/C11H11BrFN5O/c12-9-3-7(13)1-2-10(9)15-11(19)6-18-5-8(4-14)16-17-18/h1-3,5H,4,6,14H2,(H,15,19). The van der Waals surface area contributed by atoms with Gasteiger partial charge in [-0.05, 0) is 34.1 Å². The number of anilines is 1. The first kappa shape index (κ1) is 13.6. The summed E-state index contributed by atoms with van der Waals surface area (Å²) >= 11 is 3.17. The summed E-state index contributed by atoms with van der Waals surface area (Å²) in [5.41, 5.74) is 6.49. The topological polar surface area (TPSA) is 85.8 Å². The second-order valence-electron chi connectivity index (χ2n) is 3.78. The molecule has 0 aliphatic heterocycles. The number of nitrogens with one attached hydrogen (secondary N) is 1. The summed E-state index contributed by atoms with van der Waals surface area (Å²) in [4.78, 5) is 11.8. The predicted octanol–water partition coefficient (Wildman–Crippen LogP) is 1.28. The van der Waals surface area contributed by atoms with E-state index in [0.29, 0.717) is 15.9 Å². The number of amides is 1. The zero-order valence-corrected chi connectivity index (χ0v) is 11.4. The lowest BCUT2D eigenvalue weighted by Crippen LogP contribution is -2.19. The number of halogens is 2. The molecule has 0 unspecified atom stereocenters. The van der Waals surface area contributed by atoms with Crippen molar-refractivity contribution < 1.29 is 9.18 Å². The van der Waals surface area contributed by atoms with Gasteiger partial charge in [-0.15, -0.1) is 5.10 Å². The van der Waals surface area contributed by atoms with Crippen LogP contribution in [0.15, 0.2) is 28.9 Å². The fourth-order valence-electron chi connectivity index (χ4n) is 1.44. The summed E-state index contributed by atoms with van der Waals surface area (Å²) in [5.74, 6) is -0.672. The van der Waals surface area contributed by atoms with E-state index in [1.807, 2.05) is 0 Å². The molecule has 0 spiro atoms. The molecule has 8 heteroatoms. The van der Waals surface area contributed by atoms with Gasteiger partial charge in [0.25, 0.3) is 0 Å². The first-order chi connectivity index (χ1) is 9.08. The fraction of sp³-hybridized carbons (Fsp3) is 0.182. The highest BCUT2D eigenvalue weighted by Crippen LogP contribution is 2.22. The highest BCUT2D eigenvalue weighted by molar-refractivity contribution is 9.10. The SMILES string of the molecule is NCc1cn(CC(=O)Nc2ccc(F)cc2Br)nn1. The molecule has 0 saturated carbocycles. The number of hydrogen-bond acceptors (Lipinski definition) is 4. The minimum atomic E-state index is -0.381. The van der Waals surface area contributed by atoms with Crippen molar-refractivity contribution >= 4 is 27.5 Å². The average molecular weight is 328 g/mol. The van der Waals surface area contributed by atoms with Crippen LogP contribution in [0.3, 0.4) is 0 Å². The largest absolute Gasteiger partial charge is 0.325 e. The van der Waals surface area contributed by atoms with E-state index in [1.54, 1.807) is 6.20 Å². The zero-order chi connectivity index (χ0) is 13.8. The van der Waals surface area contributed by atoms with Crippen molar-refractivity contribution in [3.63, 3.8) is 0 Å². The average Bonchev–Trinajstić information content (AvgIpc) is 2.80. The van der Waals surface area contributed by atoms with Gasteiger partial charge in [0.1, 0.15) is 12.4 Å². The van der Waals surface area contributed by atoms with E-state index in [1.165, 1.54) is 22.9 Å². The monoisotopic (exact) mass is 327 g/mol. The Morgan fingerprint density at radius 3 is 2.95 bits per heavy atom. The van der Waals surface area contributed by atoms with Crippen LogP contribution in [0.4, 0.5) is 10.1 Å². The summed E-state index contributed by atoms with van der Waals surface area (Å²) in [6.45, 7) is 0.280. The molecule has 0 bridgehead atoms. The van der Waals surface area contributed by atoms with Gasteiger partial charge in [-0.25, -0.2) is 9.07 Å². The van der Waals surface area contributed by atoms with E-state index < -0.39 is 0 Å². The van der Waals surface area contributed by atoms with Crippen molar-refractivity contribution in [3.8, 4) is 0 Å². The van der Waals surface area contributed by atoms with E-state index in [2.05, 4.69) is 31.6 Å². The third-order valence-corrected chi connectivity index (χ3v) is 2.96. The lowest BCUT2D eigenvalue weighted by Gasteiger charge is -2.07. The van der Waals surface area contributed by atoms with Crippen LogP contribution in [0.1, 0.15) is 5.69 Å². The number of aromatic nitrogens is 3. The highest BCUT2D eigenvalue weighted by Gasteiger charge is 2.08. The lowest BCUT2D eigenvalue weighted by molar-refractivity contribution is -0.116. The molecule has 2 aromatic rings. The summed E-state index contributed by atoms with van der Waals surface area (Å²) < 4.78 is 14.8. The normalized spacial score (nSPS) is 10.5. The van der Waals surface area contributed by atoms with Crippen LogP contribution in [0.2, 0.25) is 0 Å². The van der Waals surface area contributed by atoms with Crippen LogP contribution in [-0.4, -0.2) is 20.9 Å². The maximum Gasteiger partial charge on any atom is 0.246 e. The number of rotatable bonds is 4. The van der Waals surface area contributed by atoms with Gasteiger partial charge in [0, 0.05) is 11.0 Å². The Kier molecular flexibility index (Phi) is 4.23. The predicted molar refractivity (Wildman–Crippen MR) is 70.6 cm³/mol. The minimum absolute atomic E-state index is 0.0107. The third kappa shape index (κ3) is 3.58. The van der Waals surface area contributed by atoms with Crippen molar-refractivity contribution in [2.24, 2.45) is 5.73 Å². The smallest absolute Gasteiger partial charge is 0.246 e. The number of carbonyl (C=O) groups is 1. The Labute approximate surface area is 116 Å². The lowest BCUT2D eigenvalue weighted by atomic mass is 10.3. The molecule has 1 heterocycles. The van der Waals surface area contributed by atoms with Crippen molar-refractivity contribution in [3.05, 3.63) is 40.4 Å². The molecule has 0 radical (unpaired) electrons. The van der Waals surface area contributed by atoms with Crippen LogP contribution in [0.25, 0.3) is 0 Å². The highest BCUT2D eigenvalue weighted by atomic mass is 79.9. The molecule has 1 aromatic heterocycles. The molecule has 3 N–H and O–H groups in total. The zero-order valence-electron chi connectivity index (χ0n) is 9.81. The third-order valence-electron chi connectivity index (χ3n) is 2.31. The summed E-state index contributed by atoms with van der Waals surface area (Å²) in [7, 11) is 0. The second-order valence-corrected chi connectivity index (χ2v) is 4.64. The van der Waals surface area contributed by atoms with Crippen molar-refractivity contribution in [1.29, 1.82) is 0 Å². The number of benzene rings is 1. The van der Waals surface area contributed by atoms with E-state index >= 15 is 0 Å². The fourth-order valence-corrected chi connectivity index (χ4v) is 1.89. The molecule has 1 amide bonds. The van der Waals surface area contributed by atoms with Crippen LogP contribution < -0.4 is 11.1 Å². The van der Waals surface area contributed by atoms with Crippen LogP contribution in [0, 0.1) is 5.82 Å². The van der Waals surface area contributed by atoms with Crippen molar-refractivity contribution in [2.75, 3.05) is 5.32 Å². The molecule has 0 aliphatic rings. The molecule has 2 rings (SSSR count). The number of hydrogen-bond donors (Lipinski definition) is 2. The summed E-state index contributed by atoms with van der Waals surface area (Å²) in [6, 6.07) is 4.02. The molecule has 0 atom stereocenters. The summed E-state index contributed by atoms with van der Waals surface area (Å²) in [5, 5.41) is 10.2. The first-order valence-electron chi connectivity index (χ1n) is 5.42. The van der Waals surface area contributed by atoms with E-state index in [9.17, 15) is 9.18 Å². The van der Waals surface area contributed by atoms with Gasteiger partial charge >= 0.3 is 0 Å². The van der Waals surface area contributed by atoms with Gasteiger partial charge in [-0.3, -0.25) is 4.79 Å². The summed E-state index contributed by atoms with van der Waals surface area (Å²) in [6.07, 6.45) is 1.60. The van der Waals surface area contributed by atoms with Crippen LogP contribution in [-0.2, 0) is 17.9 Å². The van der Waals surface area contributed by atoms with Crippen LogP contribution in [0.5, 0.6) is 0 Å². The van der Waals surface area contributed by atoms with Gasteiger partial charge in [0.2, 0.25) is 5.91 Å².